The zero-order valence-corrected chi connectivity index (χ0v) is 17.5. The molecule has 1 aromatic carbocycles. The molecule has 3 aromatic rings. The predicted molar refractivity (Wildman–Crippen MR) is 118 cm³/mol. The summed E-state index contributed by atoms with van der Waals surface area (Å²) in [6.45, 7) is 5.75. The average molecular weight is 420 g/mol. The van der Waals surface area contributed by atoms with E-state index < -0.39 is 4.92 Å². The molecule has 0 radical (unpaired) electrons. The Hall–Kier alpha value is -3.75. The van der Waals surface area contributed by atoms with Crippen molar-refractivity contribution in [1.82, 2.24) is 14.8 Å². The summed E-state index contributed by atoms with van der Waals surface area (Å²) in [4.78, 5) is 30.0. The number of pyridine rings is 1. The maximum Gasteiger partial charge on any atom is 0.312 e. The minimum Gasteiger partial charge on any atom is -0.357 e. The first kappa shape index (κ1) is 20.5. The Balaban J connectivity index is 1.40. The molecule has 0 unspecified atom stereocenters. The number of benzene rings is 1. The highest BCUT2D eigenvalue weighted by Crippen LogP contribution is 2.23. The Morgan fingerprint density at radius 2 is 1.84 bits per heavy atom. The van der Waals surface area contributed by atoms with E-state index in [9.17, 15) is 14.9 Å². The number of aromatic nitrogens is 3. The largest absolute Gasteiger partial charge is 0.357 e. The lowest BCUT2D eigenvalue weighted by atomic mass is 10.1. The number of nitro groups is 1. The smallest absolute Gasteiger partial charge is 0.312 e. The first-order chi connectivity index (χ1) is 14.9. The summed E-state index contributed by atoms with van der Waals surface area (Å²) < 4.78 is 1.61. The summed E-state index contributed by atoms with van der Waals surface area (Å²) in [5.74, 6) is 0.716. The van der Waals surface area contributed by atoms with E-state index in [1.54, 1.807) is 36.9 Å². The lowest BCUT2D eigenvalue weighted by Gasteiger charge is -2.16. The van der Waals surface area contributed by atoms with Crippen LogP contribution < -0.4 is 10.2 Å². The molecular weight excluding hydrogens is 396 g/mol. The molecule has 0 saturated carbocycles. The van der Waals surface area contributed by atoms with Crippen molar-refractivity contribution in [1.29, 1.82) is 0 Å². The third-order valence-electron chi connectivity index (χ3n) is 5.51. The molecule has 1 fully saturated rings. The Morgan fingerprint density at radius 1 is 1.13 bits per heavy atom. The summed E-state index contributed by atoms with van der Waals surface area (Å²) in [6.07, 6.45) is 4.05. The van der Waals surface area contributed by atoms with Crippen molar-refractivity contribution in [3.05, 3.63) is 75.2 Å². The Morgan fingerprint density at radius 3 is 2.42 bits per heavy atom. The van der Waals surface area contributed by atoms with E-state index in [1.807, 2.05) is 24.3 Å². The SMILES string of the molecule is Cc1nn(Cc2ccc(C(=O)Nc3ccc(N4CCCC4)nc3)cc2)c(C)c1[N+](=O)[O-]. The normalized spacial score (nSPS) is 13.4. The van der Waals surface area contributed by atoms with Crippen molar-refractivity contribution in [3.63, 3.8) is 0 Å². The number of anilines is 2. The average Bonchev–Trinajstić information content (AvgIpc) is 3.37. The van der Waals surface area contributed by atoms with Crippen LogP contribution in [0.25, 0.3) is 0 Å². The molecule has 2 aromatic heterocycles. The molecule has 1 saturated heterocycles. The van der Waals surface area contributed by atoms with Crippen LogP contribution in [0.1, 0.15) is 40.2 Å². The Kier molecular flexibility index (Phi) is 5.66. The lowest BCUT2D eigenvalue weighted by molar-refractivity contribution is -0.386. The fourth-order valence-corrected chi connectivity index (χ4v) is 3.84. The van der Waals surface area contributed by atoms with Crippen molar-refractivity contribution in [2.75, 3.05) is 23.3 Å². The monoisotopic (exact) mass is 420 g/mol. The molecular formula is C22H24N6O3. The van der Waals surface area contributed by atoms with Crippen LogP contribution in [0, 0.1) is 24.0 Å². The summed E-state index contributed by atoms with van der Waals surface area (Å²) >= 11 is 0. The third kappa shape index (κ3) is 4.40. The summed E-state index contributed by atoms with van der Waals surface area (Å²) in [5.41, 5.74) is 3.00. The molecule has 1 amide bonds. The zero-order valence-electron chi connectivity index (χ0n) is 17.5. The standard InChI is InChI=1S/C22H24N6O3/c1-15-21(28(30)31)16(2)27(25-15)14-17-5-7-18(8-6-17)22(29)24-19-9-10-20(23-13-19)26-11-3-4-12-26/h5-10,13H,3-4,11-12,14H2,1-2H3,(H,24,29). The van der Waals surface area contributed by atoms with Gasteiger partial charge in [-0.1, -0.05) is 12.1 Å². The maximum absolute atomic E-state index is 12.6. The first-order valence-electron chi connectivity index (χ1n) is 10.2. The molecule has 160 valence electrons. The molecule has 9 nitrogen and oxygen atoms in total. The van der Waals surface area contributed by atoms with Crippen LogP contribution in [0.15, 0.2) is 42.6 Å². The van der Waals surface area contributed by atoms with Gasteiger partial charge < -0.3 is 10.2 Å². The molecule has 31 heavy (non-hydrogen) atoms. The molecule has 3 heterocycles. The van der Waals surface area contributed by atoms with E-state index >= 15 is 0 Å². The Bertz CT molecular complexity index is 1100. The molecule has 1 aliphatic rings. The highest BCUT2D eigenvalue weighted by Gasteiger charge is 2.21. The van der Waals surface area contributed by atoms with Crippen LogP contribution in [0.2, 0.25) is 0 Å². The highest BCUT2D eigenvalue weighted by atomic mass is 16.6. The van der Waals surface area contributed by atoms with Crippen molar-refractivity contribution in [3.8, 4) is 0 Å². The molecule has 1 aliphatic heterocycles. The number of aryl methyl sites for hydroxylation is 1. The van der Waals surface area contributed by atoms with E-state index in [-0.39, 0.29) is 11.6 Å². The minimum atomic E-state index is -0.409. The Labute approximate surface area is 179 Å². The fourth-order valence-electron chi connectivity index (χ4n) is 3.84. The van der Waals surface area contributed by atoms with Crippen LogP contribution in [-0.2, 0) is 6.54 Å². The summed E-state index contributed by atoms with van der Waals surface area (Å²) in [6, 6.07) is 10.9. The van der Waals surface area contributed by atoms with Gasteiger partial charge in [0.2, 0.25) is 0 Å². The maximum atomic E-state index is 12.6. The fraction of sp³-hybridized carbons (Fsp3) is 0.318. The van der Waals surface area contributed by atoms with Crippen molar-refractivity contribution < 1.29 is 9.72 Å². The quantitative estimate of drug-likeness (QED) is 0.481. The van der Waals surface area contributed by atoms with E-state index in [4.69, 9.17) is 0 Å². The molecule has 1 N–H and O–H groups in total. The van der Waals surface area contributed by atoms with Crippen molar-refractivity contribution in [2.45, 2.75) is 33.2 Å². The predicted octanol–water partition coefficient (Wildman–Crippen LogP) is 3.70. The highest BCUT2D eigenvalue weighted by molar-refractivity contribution is 6.04. The van der Waals surface area contributed by atoms with E-state index in [1.165, 1.54) is 12.8 Å². The van der Waals surface area contributed by atoms with Gasteiger partial charge in [-0.25, -0.2) is 4.98 Å². The number of rotatable bonds is 6. The van der Waals surface area contributed by atoms with Gasteiger partial charge >= 0.3 is 5.69 Å². The van der Waals surface area contributed by atoms with Crippen molar-refractivity contribution in [2.24, 2.45) is 0 Å². The van der Waals surface area contributed by atoms with Gasteiger partial charge in [0, 0.05) is 18.7 Å². The first-order valence-corrected chi connectivity index (χ1v) is 10.2. The van der Waals surface area contributed by atoms with Gasteiger partial charge in [0.25, 0.3) is 5.91 Å². The number of nitrogens with zero attached hydrogens (tertiary/aromatic N) is 5. The topological polar surface area (TPSA) is 106 Å². The number of amides is 1. The van der Waals surface area contributed by atoms with Crippen molar-refractivity contribution >= 4 is 23.1 Å². The van der Waals surface area contributed by atoms with Gasteiger partial charge in [0.15, 0.2) is 0 Å². The second-order valence-corrected chi connectivity index (χ2v) is 7.68. The van der Waals surface area contributed by atoms with E-state index in [2.05, 4.69) is 20.3 Å². The van der Waals surface area contributed by atoms with Crippen LogP contribution >= 0.6 is 0 Å². The molecule has 0 spiro atoms. The number of hydrogen-bond acceptors (Lipinski definition) is 6. The molecule has 0 aliphatic carbocycles. The lowest BCUT2D eigenvalue weighted by Crippen LogP contribution is -2.19. The van der Waals surface area contributed by atoms with Gasteiger partial charge in [-0.3, -0.25) is 19.6 Å². The molecule has 9 heteroatoms. The zero-order chi connectivity index (χ0) is 22.0. The third-order valence-corrected chi connectivity index (χ3v) is 5.51. The number of carbonyl (C=O) groups is 1. The van der Waals surface area contributed by atoms with Crippen LogP contribution in [-0.4, -0.2) is 38.7 Å². The molecule has 4 rings (SSSR count). The van der Waals surface area contributed by atoms with Gasteiger partial charge in [-0.05, 0) is 56.5 Å². The van der Waals surface area contributed by atoms with Gasteiger partial charge in [0.1, 0.15) is 17.2 Å². The minimum absolute atomic E-state index is 0.0420. The van der Waals surface area contributed by atoms with E-state index in [0.29, 0.717) is 29.2 Å². The summed E-state index contributed by atoms with van der Waals surface area (Å²) in [5, 5.41) is 18.3. The number of nitrogens with one attached hydrogen (secondary N) is 1. The summed E-state index contributed by atoms with van der Waals surface area (Å²) in [7, 11) is 0. The number of carbonyl (C=O) groups excluding carboxylic acids is 1. The van der Waals surface area contributed by atoms with Gasteiger partial charge in [-0.15, -0.1) is 0 Å². The van der Waals surface area contributed by atoms with Gasteiger partial charge in [0.05, 0.1) is 23.4 Å². The van der Waals surface area contributed by atoms with E-state index in [0.717, 1.165) is 24.5 Å². The van der Waals surface area contributed by atoms with Crippen LogP contribution in [0.5, 0.6) is 0 Å². The van der Waals surface area contributed by atoms with Gasteiger partial charge in [-0.2, -0.15) is 5.10 Å². The van der Waals surface area contributed by atoms with Crippen LogP contribution in [0.3, 0.4) is 0 Å². The van der Waals surface area contributed by atoms with Crippen LogP contribution in [0.4, 0.5) is 17.2 Å². The molecule has 0 atom stereocenters. The number of hydrogen-bond donors (Lipinski definition) is 1. The second-order valence-electron chi connectivity index (χ2n) is 7.68. The molecule has 0 bridgehead atoms. The second kappa shape index (κ2) is 8.55.